The van der Waals surface area contributed by atoms with Gasteiger partial charge in [0.25, 0.3) is 11.5 Å². The fourth-order valence-electron chi connectivity index (χ4n) is 4.79. The fraction of sp³-hybridized carbons (Fsp3) is 0.385. The molecule has 1 atom stereocenters. The van der Waals surface area contributed by atoms with Crippen molar-refractivity contribution < 1.29 is 13.6 Å². The van der Waals surface area contributed by atoms with E-state index < -0.39 is 5.82 Å². The maximum absolute atomic E-state index is 14.7. The SMILES string of the molecule is Cc1c(C(=O)N[C@H](c2cccc(F)c2)C2CCC2)c2cccc(F)c2c(=O)n1CC1CC1. The molecular weight excluding hydrogens is 410 g/mol. The van der Waals surface area contributed by atoms with Gasteiger partial charge in [-0.15, -0.1) is 0 Å². The summed E-state index contributed by atoms with van der Waals surface area (Å²) in [5.74, 6) is -0.707. The van der Waals surface area contributed by atoms with Crippen molar-refractivity contribution in [2.75, 3.05) is 0 Å². The number of nitrogens with one attached hydrogen (secondary N) is 1. The van der Waals surface area contributed by atoms with Gasteiger partial charge in [-0.05, 0) is 68.2 Å². The average molecular weight is 437 g/mol. The number of amides is 1. The molecule has 3 aromatic rings. The third kappa shape index (κ3) is 3.72. The summed E-state index contributed by atoms with van der Waals surface area (Å²) in [6.45, 7) is 2.24. The van der Waals surface area contributed by atoms with E-state index in [0.29, 0.717) is 29.1 Å². The number of fused-ring (bicyclic) bond motifs is 1. The second kappa shape index (κ2) is 8.15. The standard InChI is InChI=1S/C26H26F2N2O2/c1-15-22(20-9-4-10-21(28)23(20)26(32)30(15)14-16-11-12-16)25(31)29-24(17-5-2-6-17)18-7-3-8-19(27)13-18/h3-4,7-10,13,16-17,24H,2,5-6,11-12,14H2,1H3,(H,29,31)/t24-/m0/s1. The Morgan fingerprint density at radius 3 is 2.53 bits per heavy atom. The number of hydrogen-bond acceptors (Lipinski definition) is 2. The molecule has 2 fully saturated rings. The Labute approximate surface area is 185 Å². The summed E-state index contributed by atoms with van der Waals surface area (Å²) >= 11 is 0. The zero-order valence-electron chi connectivity index (χ0n) is 18.0. The number of aromatic nitrogens is 1. The van der Waals surface area contributed by atoms with Gasteiger partial charge in [-0.25, -0.2) is 8.78 Å². The Balaban J connectivity index is 1.60. The minimum absolute atomic E-state index is 0.0464. The highest BCUT2D eigenvalue weighted by atomic mass is 19.1. The van der Waals surface area contributed by atoms with E-state index >= 15 is 0 Å². The van der Waals surface area contributed by atoms with Crippen LogP contribution in [0.4, 0.5) is 8.78 Å². The molecule has 0 bridgehead atoms. The maximum atomic E-state index is 14.7. The largest absolute Gasteiger partial charge is 0.345 e. The van der Waals surface area contributed by atoms with Gasteiger partial charge in [-0.2, -0.15) is 0 Å². The van der Waals surface area contributed by atoms with Crippen molar-refractivity contribution in [3.8, 4) is 0 Å². The zero-order chi connectivity index (χ0) is 22.4. The lowest BCUT2D eigenvalue weighted by Gasteiger charge is -2.35. The highest BCUT2D eigenvalue weighted by Crippen LogP contribution is 2.38. The first kappa shape index (κ1) is 20.9. The highest BCUT2D eigenvalue weighted by molar-refractivity contribution is 6.08. The molecule has 0 unspecified atom stereocenters. The predicted molar refractivity (Wildman–Crippen MR) is 120 cm³/mol. The molecule has 0 radical (unpaired) electrons. The van der Waals surface area contributed by atoms with Crippen LogP contribution in [0.1, 0.15) is 59.8 Å². The molecule has 2 aliphatic carbocycles. The first-order valence-corrected chi connectivity index (χ1v) is 11.3. The van der Waals surface area contributed by atoms with E-state index in [2.05, 4.69) is 5.32 Å². The molecule has 6 heteroatoms. The molecule has 4 nitrogen and oxygen atoms in total. The van der Waals surface area contributed by atoms with Gasteiger partial charge in [0.1, 0.15) is 11.6 Å². The molecule has 2 aromatic carbocycles. The van der Waals surface area contributed by atoms with E-state index in [-0.39, 0.29) is 34.6 Å². The minimum Gasteiger partial charge on any atom is -0.345 e. The van der Waals surface area contributed by atoms with Crippen LogP contribution < -0.4 is 10.9 Å². The summed E-state index contributed by atoms with van der Waals surface area (Å²) in [7, 11) is 0. The second-order valence-corrected chi connectivity index (χ2v) is 9.18. The quantitative estimate of drug-likeness (QED) is 0.572. The lowest BCUT2D eigenvalue weighted by atomic mass is 9.77. The summed E-state index contributed by atoms with van der Waals surface area (Å²) in [6, 6.07) is 10.4. The Bertz CT molecular complexity index is 1260. The predicted octanol–water partition coefficient (Wildman–Crippen LogP) is 5.27. The minimum atomic E-state index is -0.619. The lowest BCUT2D eigenvalue weighted by Crippen LogP contribution is -2.38. The zero-order valence-corrected chi connectivity index (χ0v) is 18.0. The monoisotopic (exact) mass is 436 g/mol. The number of halogens is 2. The van der Waals surface area contributed by atoms with Crippen LogP contribution in [0.25, 0.3) is 10.8 Å². The molecule has 32 heavy (non-hydrogen) atoms. The van der Waals surface area contributed by atoms with E-state index in [9.17, 15) is 18.4 Å². The van der Waals surface area contributed by atoms with Crippen molar-refractivity contribution in [1.29, 1.82) is 0 Å². The molecule has 0 aliphatic heterocycles. The molecule has 5 rings (SSSR count). The molecule has 166 valence electrons. The number of carbonyl (C=O) groups excluding carboxylic acids is 1. The van der Waals surface area contributed by atoms with Gasteiger partial charge in [-0.1, -0.05) is 30.7 Å². The van der Waals surface area contributed by atoms with Crippen LogP contribution in [0.3, 0.4) is 0 Å². The van der Waals surface area contributed by atoms with Crippen LogP contribution in [-0.2, 0) is 6.54 Å². The molecular formula is C26H26F2N2O2. The van der Waals surface area contributed by atoms with Gasteiger partial charge in [-0.3, -0.25) is 9.59 Å². The topological polar surface area (TPSA) is 51.1 Å². The average Bonchev–Trinajstić information content (AvgIpc) is 3.53. The summed E-state index contributed by atoms with van der Waals surface area (Å²) < 4.78 is 30.2. The van der Waals surface area contributed by atoms with Crippen molar-refractivity contribution >= 4 is 16.7 Å². The van der Waals surface area contributed by atoms with Gasteiger partial charge in [0.2, 0.25) is 0 Å². The molecule has 0 saturated heterocycles. The molecule has 0 spiro atoms. The van der Waals surface area contributed by atoms with Gasteiger partial charge < -0.3 is 9.88 Å². The van der Waals surface area contributed by atoms with Gasteiger partial charge >= 0.3 is 0 Å². The number of hydrogen-bond donors (Lipinski definition) is 1. The van der Waals surface area contributed by atoms with Crippen LogP contribution >= 0.6 is 0 Å². The molecule has 2 saturated carbocycles. The van der Waals surface area contributed by atoms with Crippen LogP contribution in [0, 0.1) is 30.4 Å². The van der Waals surface area contributed by atoms with Gasteiger partial charge in [0.05, 0.1) is 17.0 Å². The Morgan fingerprint density at radius 2 is 1.88 bits per heavy atom. The number of pyridine rings is 1. The first-order chi connectivity index (χ1) is 15.4. The van der Waals surface area contributed by atoms with Crippen molar-refractivity contribution in [2.24, 2.45) is 11.8 Å². The first-order valence-electron chi connectivity index (χ1n) is 11.3. The van der Waals surface area contributed by atoms with Crippen LogP contribution in [0.2, 0.25) is 0 Å². The molecule has 2 aliphatic rings. The van der Waals surface area contributed by atoms with Crippen LogP contribution in [0.15, 0.2) is 47.3 Å². The van der Waals surface area contributed by atoms with Crippen molar-refractivity contribution in [3.63, 3.8) is 0 Å². The highest BCUT2D eigenvalue weighted by Gasteiger charge is 2.32. The normalized spacial score (nSPS) is 17.2. The third-order valence-electron chi connectivity index (χ3n) is 6.99. The van der Waals surface area contributed by atoms with Crippen LogP contribution in [0.5, 0.6) is 0 Å². The fourth-order valence-corrected chi connectivity index (χ4v) is 4.79. The number of rotatable bonds is 6. The molecule has 1 aromatic heterocycles. The Morgan fingerprint density at radius 1 is 1.12 bits per heavy atom. The van der Waals surface area contributed by atoms with E-state index in [1.54, 1.807) is 23.6 Å². The smallest absolute Gasteiger partial charge is 0.261 e. The van der Waals surface area contributed by atoms with Crippen molar-refractivity contribution in [2.45, 2.75) is 51.6 Å². The molecule has 1 N–H and O–H groups in total. The van der Waals surface area contributed by atoms with E-state index in [4.69, 9.17) is 0 Å². The van der Waals surface area contributed by atoms with Crippen molar-refractivity contribution in [1.82, 2.24) is 9.88 Å². The second-order valence-electron chi connectivity index (χ2n) is 9.18. The maximum Gasteiger partial charge on any atom is 0.261 e. The lowest BCUT2D eigenvalue weighted by molar-refractivity contribution is 0.0900. The molecule has 1 heterocycles. The summed E-state index contributed by atoms with van der Waals surface area (Å²) in [5, 5.41) is 3.38. The third-order valence-corrected chi connectivity index (χ3v) is 6.99. The summed E-state index contributed by atoms with van der Waals surface area (Å²) in [5.41, 5.74) is 1.20. The van der Waals surface area contributed by atoms with E-state index in [1.165, 1.54) is 24.3 Å². The summed E-state index contributed by atoms with van der Waals surface area (Å²) in [4.78, 5) is 26.7. The van der Waals surface area contributed by atoms with Crippen molar-refractivity contribution in [3.05, 3.63) is 81.3 Å². The number of carbonyl (C=O) groups is 1. The van der Waals surface area contributed by atoms with Gasteiger partial charge in [0, 0.05) is 17.6 Å². The van der Waals surface area contributed by atoms with Crippen LogP contribution in [-0.4, -0.2) is 10.5 Å². The molecule has 1 amide bonds. The Kier molecular flexibility index (Phi) is 5.31. The Hall–Kier alpha value is -3.02. The summed E-state index contributed by atoms with van der Waals surface area (Å²) in [6.07, 6.45) is 5.05. The number of nitrogens with zero attached hydrogens (tertiary/aromatic N) is 1. The van der Waals surface area contributed by atoms with E-state index in [0.717, 1.165) is 37.7 Å². The van der Waals surface area contributed by atoms with Gasteiger partial charge in [0.15, 0.2) is 0 Å². The number of benzene rings is 2. The van der Waals surface area contributed by atoms with E-state index in [1.807, 2.05) is 6.07 Å².